The first kappa shape index (κ1) is 16.2. The Kier molecular flexibility index (Phi) is 5.31. The van der Waals surface area contributed by atoms with E-state index in [1.807, 2.05) is 42.5 Å². The lowest BCUT2D eigenvalue weighted by atomic mass is 10.1. The first-order valence-corrected chi connectivity index (χ1v) is 7.30. The normalized spacial score (nSPS) is 10.6. The van der Waals surface area contributed by atoms with Gasteiger partial charge in [0.2, 0.25) is 0 Å². The second-order valence-corrected chi connectivity index (χ2v) is 5.53. The topological polar surface area (TPSA) is 39.2 Å². The number of rotatable bonds is 3. The highest BCUT2D eigenvalue weighted by atomic mass is 35.5. The Morgan fingerprint density at radius 2 is 1.82 bits per heavy atom. The number of carbonyl (C=O) groups excluding carboxylic acids is 1. The Bertz CT molecular complexity index is 776. The van der Waals surface area contributed by atoms with Crippen LogP contribution in [-0.4, -0.2) is 18.1 Å². The van der Waals surface area contributed by atoms with Gasteiger partial charge in [-0.15, -0.1) is 23.7 Å². The van der Waals surface area contributed by atoms with Crippen molar-refractivity contribution in [2.45, 2.75) is 0 Å². The van der Waals surface area contributed by atoms with Gasteiger partial charge in [-0.1, -0.05) is 30.3 Å². The van der Waals surface area contributed by atoms with E-state index in [4.69, 9.17) is 0 Å². The van der Waals surface area contributed by atoms with Gasteiger partial charge in [0.25, 0.3) is 0 Å². The van der Waals surface area contributed by atoms with E-state index >= 15 is 0 Å². The highest BCUT2D eigenvalue weighted by molar-refractivity contribution is 7.19. The molecule has 3 aromatic rings. The summed E-state index contributed by atoms with van der Waals surface area (Å²) < 4.78 is 5.85. The van der Waals surface area contributed by atoms with Gasteiger partial charge in [0, 0.05) is 0 Å². The monoisotopic (exact) mass is 331 g/mol. The van der Waals surface area contributed by atoms with Gasteiger partial charge in [-0.2, -0.15) is 0 Å². The molecular formula is C17H14ClNO2S. The average molecular weight is 332 g/mol. The SMILES string of the molecule is COC(=O)c1ccc(C=Cc2nc3ccccc3s2)cc1.Cl. The lowest BCUT2D eigenvalue weighted by Crippen LogP contribution is -2.00. The number of hydrogen-bond donors (Lipinski definition) is 0. The Balaban J connectivity index is 0.00000176. The zero-order valence-electron chi connectivity index (χ0n) is 11.9. The number of fused-ring (bicyclic) bond motifs is 1. The lowest BCUT2D eigenvalue weighted by Gasteiger charge is -1.98. The average Bonchev–Trinajstić information content (AvgIpc) is 2.95. The van der Waals surface area contributed by atoms with Crippen molar-refractivity contribution in [3.05, 3.63) is 64.7 Å². The Labute approximate surface area is 138 Å². The summed E-state index contributed by atoms with van der Waals surface area (Å²) >= 11 is 1.66. The van der Waals surface area contributed by atoms with Crippen molar-refractivity contribution < 1.29 is 9.53 Å². The quantitative estimate of drug-likeness (QED) is 0.654. The number of carbonyl (C=O) groups is 1. The van der Waals surface area contributed by atoms with Crippen molar-refractivity contribution >= 4 is 52.1 Å². The standard InChI is InChI=1S/C17H13NO2S.ClH/c1-20-17(19)13-9-6-12(7-10-13)8-11-16-18-14-4-2-3-5-15(14)21-16;/h2-11H,1H3;1H. The third kappa shape index (κ3) is 3.53. The highest BCUT2D eigenvalue weighted by Crippen LogP contribution is 2.23. The largest absolute Gasteiger partial charge is 0.465 e. The van der Waals surface area contributed by atoms with Crippen LogP contribution in [0.3, 0.4) is 0 Å². The second-order valence-electron chi connectivity index (χ2n) is 4.47. The smallest absolute Gasteiger partial charge is 0.337 e. The predicted molar refractivity (Wildman–Crippen MR) is 93.6 cm³/mol. The maximum atomic E-state index is 11.4. The van der Waals surface area contributed by atoms with Crippen LogP contribution in [-0.2, 0) is 4.74 Å². The number of esters is 1. The maximum Gasteiger partial charge on any atom is 0.337 e. The minimum atomic E-state index is -0.322. The summed E-state index contributed by atoms with van der Waals surface area (Å²) in [7, 11) is 1.38. The van der Waals surface area contributed by atoms with Crippen LogP contribution in [0.1, 0.15) is 20.9 Å². The molecule has 0 radical (unpaired) electrons. The van der Waals surface area contributed by atoms with Gasteiger partial charge in [-0.25, -0.2) is 9.78 Å². The van der Waals surface area contributed by atoms with Gasteiger partial charge in [0.15, 0.2) is 0 Å². The van der Waals surface area contributed by atoms with Crippen LogP contribution in [0.5, 0.6) is 0 Å². The number of methoxy groups -OCH3 is 1. The van der Waals surface area contributed by atoms with Crippen molar-refractivity contribution in [2.24, 2.45) is 0 Å². The lowest BCUT2D eigenvalue weighted by molar-refractivity contribution is 0.0601. The van der Waals surface area contributed by atoms with Gasteiger partial charge in [0.05, 0.1) is 22.9 Å². The van der Waals surface area contributed by atoms with Crippen molar-refractivity contribution in [1.29, 1.82) is 0 Å². The van der Waals surface area contributed by atoms with Crippen LogP contribution in [0.2, 0.25) is 0 Å². The van der Waals surface area contributed by atoms with E-state index in [-0.39, 0.29) is 18.4 Å². The van der Waals surface area contributed by atoms with Crippen molar-refractivity contribution in [3.63, 3.8) is 0 Å². The molecule has 0 aliphatic carbocycles. The van der Waals surface area contributed by atoms with Crippen molar-refractivity contribution in [3.8, 4) is 0 Å². The van der Waals surface area contributed by atoms with Gasteiger partial charge >= 0.3 is 5.97 Å². The minimum Gasteiger partial charge on any atom is -0.465 e. The molecule has 3 nitrogen and oxygen atoms in total. The third-order valence-corrected chi connectivity index (χ3v) is 4.06. The van der Waals surface area contributed by atoms with Crippen LogP contribution < -0.4 is 0 Å². The molecule has 0 aliphatic heterocycles. The highest BCUT2D eigenvalue weighted by Gasteiger charge is 2.03. The Morgan fingerprint density at radius 1 is 1.09 bits per heavy atom. The number of hydrogen-bond acceptors (Lipinski definition) is 4. The number of ether oxygens (including phenoxy) is 1. The van der Waals surface area contributed by atoms with E-state index in [9.17, 15) is 4.79 Å². The summed E-state index contributed by atoms with van der Waals surface area (Å²) in [5.41, 5.74) is 2.58. The second kappa shape index (κ2) is 7.20. The van der Waals surface area contributed by atoms with E-state index in [0.29, 0.717) is 5.56 Å². The number of thiazole rings is 1. The van der Waals surface area contributed by atoms with E-state index in [1.165, 1.54) is 11.8 Å². The zero-order chi connectivity index (χ0) is 14.7. The molecule has 0 unspecified atom stereocenters. The van der Waals surface area contributed by atoms with Crippen molar-refractivity contribution in [1.82, 2.24) is 4.98 Å². The molecule has 5 heteroatoms. The van der Waals surface area contributed by atoms with Crippen molar-refractivity contribution in [2.75, 3.05) is 7.11 Å². The van der Waals surface area contributed by atoms with Crippen LogP contribution in [0, 0.1) is 0 Å². The predicted octanol–water partition coefficient (Wildman–Crippen LogP) is 4.68. The number of aromatic nitrogens is 1. The fourth-order valence-corrected chi connectivity index (χ4v) is 2.85. The van der Waals surface area contributed by atoms with Crippen LogP contribution >= 0.6 is 23.7 Å². The summed E-state index contributed by atoms with van der Waals surface area (Å²) in [5, 5.41) is 0.966. The molecule has 1 heterocycles. The molecule has 0 fully saturated rings. The number of para-hydroxylation sites is 1. The zero-order valence-corrected chi connectivity index (χ0v) is 13.5. The molecule has 0 amide bonds. The van der Waals surface area contributed by atoms with Gasteiger partial charge in [-0.05, 0) is 35.9 Å². The fraction of sp³-hybridized carbons (Fsp3) is 0.0588. The molecule has 2 aromatic carbocycles. The molecule has 3 rings (SSSR count). The molecule has 0 spiro atoms. The third-order valence-electron chi connectivity index (χ3n) is 3.06. The Morgan fingerprint density at radius 3 is 2.50 bits per heavy atom. The summed E-state index contributed by atoms with van der Waals surface area (Å²) in [5.74, 6) is -0.322. The van der Waals surface area contributed by atoms with Gasteiger partial charge < -0.3 is 4.74 Å². The van der Waals surface area contributed by atoms with Crippen LogP contribution in [0.25, 0.3) is 22.4 Å². The minimum absolute atomic E-state index is 0. The number of benzene rings is 2. The first-order chi connectivity index (χ1) is 10.3. The molecule has 1 aromatic heterocycles. The van der Waals surface area contributed by atoms with Gasteiger partial charge in [0.1, 0.15) is 5.01 Å². The molecule has 0 N–H and O–H groups in total. The number of nitrogens with zero attached hydrogens (tertiary/aromatic N) is 1. The molecule has 0 aliphatic rings. The molecule has 0 atom stereocenters. The van der Waals surface area contributed by atoms with E-state index in [1.54, 1.807) is 23.5 Å². The van der Waals surface area contributed by atoms with E-state index in [0.717, 1.165) is 16.1 Å². The summed E-state index contributed by atoms with van der Waals surface area (Å²) in [6.45, 7) is 0. The summed E-state index contributed by atoms with van der Waals surface area (Å²) in [4.78, 5) is 15.9. The molecule has 112 valence electrons. The van der Waals surface area contributed by atoms with Crippen LogP contribution in [0.4, 0.5) is 0 Å². The molecular weight excluding hydrogens is 318 g/mol. The van der Waals surface area contributed by atoms with Crippen LogP contribution in [0.15, 0.2) is 48.5 Å². The van der Waals surface area contributed by atoms with E-state index < -0.39 is 0 Å². The Hall–Kier alpha value is -2.17. The molecule has 0 saturated carbocycles. The van der Waals surface area contributed by atoms with Gasteiger partial charge in [-0.3, -0.25) is 0 Å². The molecule has 22 heavy (non-hydrogen) atoms. The summed E-state index contributed by atoms with van der Waals surface area (Å²) in [6.07, 6.45) is 3.97. The molecule has 0 bridgehead atoms. The summed E-state index contributed by atoms with van der Waals surface area (Å²) in [6, 6.07) is 15.4. The number of halogens is 1. The maximum absolute atomic E-state index is 11.4. The van der Waals surface area contributed by atoms with E-state index in [2.05, 4.69) is 15.8 Å². The fourth-order valence-electron chi connectivity index (χ4n) is 1.98. The molecule has 0 saturated heterocycles. The first-order valence-electron chi connectivity index (χ1n) is 6.48.